The molecule has 0 N–H and O–H groups in total. The minimum absolute atomic E-state index is 0.180. The van der Waals surface area contributed by atoms with E-state index in [1.807, 2.05) is 36.4 Å². The Morgan fingerprint density at radius 3 is 0.955 bits per heavy atom. The van der Waals surface area contributed by atoms with E-state index in [2.05, 4.69) is 9.47 Å². The average Bonchev–Trinajstić information content (AvgIpc) is 3.82. The number of allylic oxidation sites excluding steroid dienone is 8. The van der Waals surface area contributed by atoms with Gasteiger partial charge < -0.3 is 9.47 Å². The molecule has 0 radical (unpaired) electrons. The van der Waals surface area contributed by atoms with Crippen LogP contribution >= 0.6 is 0 Å². The third kappa shape index (κ3) is 7.75. The first-order valence-corrected chi connectivity index (χ1v) is 18.2. The predicted molar refractivity (Wildman–Crippen MR) is 214 cm³/mol. The Labute approximate surface area is 366 Å². The highest BCUT2D eigenvalue weighted by molar-refractivity contribution is 6.34. The van der Waals surface area contributed by atoms with Gasteiger partial charge in [0.15, 0.2) is 0 Å². The van der Waals surface area contributed by atoms with Gasteiger partial charge in [0.05, 0.1) is 68.8 Å². The van der Waals surface area contributed by atoms with Crippen LogP contribution in [0.15, 0.2) is 84.9 Å². The number of nitriles is 8. The van der Waals surface area contributed by atoms with Gasteiger partial charge in [0, 0.05) is 44.5 Å². The van der Waals surface area contributed by atoms with E-state index in [1.54, 1.807) is 12.1 Å². The van der Waals surface area contributed by atoms with E-state index in [0.29, 0.717) is 0 Å². The largest absolute Gasteiger partial charge is 0.573 e. The summed E-state index contributed by atoms with van der Waals surface area (Å²) in [7, 11) is 0. The van der Waals surface area contributed by atoms with Crippen LogP contribution in [0.5, 0.6) is 11.5 Å². The molecule has 0 fully saturated rings. The van der Waals surface area contributed by atoms with Crippen molar-refractivity contribution in [3.8, 4) is 60.1 Å². The molecule has 0 aromatic heterocycles. The maximum atomic E-state index is 18.2. The normalized spacial score (nSPS) is 14.2. The van der Waals surface area contributed by atoms with E-state index in [0.717, 1.165) is 84.9 Å². The molecule has 0 bridgehead atoms. The van der Waals surface area contributed by atoms with Gasteiger partial charge in [0.25, 0.3) is 0 Å². The zero-order chi connectivity index (χ0) is 47.8. The number of hydrogen-bond donors (Lipinski definition) is 0. The van der Waals surface area contributed by atoms with Gasteiger partial charge in [-0.25, -0.2) is 8.78 Å². The molecule has 0 saturated heterocycles. The number of fused-ring (bicyclic) bond motifs is 2. The molecule has 2 aliphatic rings. The summed E-state index contributed by atoms with van der Waals surface area (Å²) in [5.74, 6) is -4.53. The van der Waals surface area contributed by atoms with Crippen LogP contribution in [0.3, 0.4) is 0 Å². The summed E-state index contributed by atoms with van der Waals surface area (Å²) in [4.78, 5) is 0. The maximum Gasteiger partial charge on any atom is 0.573 e. The van der Waals surface area contributed by atoms with E-state index in [1.165, 1.54) is 0 Å². The average molecular weight is 887 g/mol. The van der Waals surface area contributed by atoms with Gasteiger partial charge in [-0.1, -0.05) is 24.3 Å². The monoisotopic (exact) mass is 886 g/mol. The summed E-state index contributed by atoms with van der Waals surface area (Å²) in [5.41, 5.74) is -9.80. The minimum Gasteiger partial charge on any atom is -0.406 e. The molecule has 5 aromatic carbocycles. The number of rotatable bonds is 6. The van der Waals surface area contributed by atoms with Crippen LogP contribution in [0.25, 0.3) is 44.6 Å². The fraction of sp³-hybridized carbons (Fsp3) is 0.0417. The van der Waals surface area contributed by atoms with Crippen LogP contribution in [0.2, 0.25) is 0 Å². The number of alkyl halides is 6. The summed E-state index contributed by atoms with van der Waals surface area (Å²) in [5, 5.41) is 82.4. The molecule has 0 spiro atoms. The predicted octanol–water partition coefficient (Wildman–Crippen LogP) is 11.0. The lowest BCUT2D eigenvalue weighted by molar-refractivity contribution is -0.275. The molecule has 0 saturated carbocycles. The van der Waals surface area contributed by atoms with Gasteiger partial charge in [0.2, 0.25) is 0 Å². The van der Waals surface area contributed by atoms with Crippen molar-refractivity contribution in [2.45, 2.75) is 12.7 Å². The zero-order valence-electron chi connectivity index (χ0n) is 32.5. The Hall–Kier alpha value is -9.98. The maximum absolute atomic E-state index is 18.2. The Morgan fingerprint density at radius 1 is 0.409 bits per heavy atom. The highest BCUT2D eigenvalue weighted by Gasteiger charge is 2.44. The Kier molecular flexibility index (Phi) is 11.2. The second-order valence-electron chi connectivity index (χ2n) is 13.8. The van der Waals surface area contributed by atoms with Crippen LogP contribution in [0.1, 0.15) is 66.8 Å². The summed E-state index contributed by atoms with van der Waals surface area (Å²) in [6.45, 7) is 0. The molecule has 66 heavy (non-hydrogen) atoms. The van der Waals surface area contributed by atoms with Gasteiger partial charge in [-0.15, -0.1) is 26.3 Å². The van der Waals surface area contributed by atoms with Crippen LogP contribution in [0, 0.1) is 102 Å². The van der Waals surface area contributed by atoms with Crippen LogP contribution < -0.4 is 9.47 Å². The van der Waals surface area contributed by atoms with Gasteiger partial charge in [0.1, 0.15) is 47.4 Å². The second-order valence-corrected chi connectivity index (χ2v) is 13.8. The van der Waals surface area contributed by atoms with E-state index in [-0.39, 0.29) is 44.5 Å². The van der Waals surface area contributed by atoms with Gasteiger partial charge in [-0.3, -0.25) is 0 Å². The SMILES string of the molecule is N#CC1=C(c2ccc(OC(F)(F)F)cc2)/C(=C(\C#N)c2cc(C#N)cc(C#N)c2)c2c(F)c3c(c(F)c21)/C(=C(/C#N)c1cc(C#N)cc(C#N)c1)C(c1ccc(OC(F)(F)F)cc1)=C3C#N. The summed E-state index contributed by atoms with van der Waals surface area (Å²) >= 11 is 0. The molecule has 2 aliphatic carbocycles. The first-order chi connectivity index (χ1) is 31.4. The topological polar surface area (TPSA) is 209 Å². The van der Waals surface area contributed by atoms with Crippen molar-refractivity contribution < 1.29 is 44.6 Å². The van der Waals surface area contributed by atoms with Gasteiger partial charge in [-0.05, 0) is 82.9 Å². The van der Waals surface area contributed by atoms with E-state index >= 15 is 8.78 Å². The third-order valence-corrected chi connectivity index (χ3v) is 10.0. The number of hydrogen-bond acceptors (Lipinski definition) is 10. The number of halogens is 8. The Morgan fingerprint density at radius 2 is 0.712 bits per heavy atom. The number of nitrogens with zero attached hydrogens (tertiary/aromatic N) is 8. The lowest BCUT2D eigenvalue weighted by Crippen LogP contribution is -2.17. The number of benzene rings is 5. The fourth-order valence-corrected chi connectivity index (χ4v) is 7.66. The smallest absolute Gasteiger partial charge is 0.406 e. The molecule has 0 aliphatic heterocycles. The lowest BCUT2D eigenvalue weighted by Gasteiger charge is -2.17. The molecule has 0 amide bonds. The first-order valence-electron chi connectivity index (χ1n) is 18.2. The molecule has 314 valence electrons. The zero-order valence-corrected chi connectivity index (χ0v) is 32.5. The van der Waals surface area contributed by atoms with Gasteiger partial charge >= 0.3 is 12.7 Å². The lowest BCUT2D eigenvalue weighted by atomic mass is 9.85. The van der Waals surface area contributed by atoms with Crippen molar-refractivity contribution in [3.63, 3.8) is 0 Å². The fourth-order valence-electron chi connectivity index (χ4n) is 7.66. The molecule has 7 rings (SSSR count). The molecule has 0 heterocycles. The van der Waals surface area contributed by atoms with Crippen LogP contribution in [-0.2, 0) is 0 Å². The van der Waals surface area contributed by atoms with Crippen molar-refractivity contribution in [1.82, 2.24) is 0 Å². The highest BCUT2D eigenvalue weighted by Crippen LogP contribution is 2.58. The first kappa shape index (κ1) is 44.1. The minimum atomic E-state index is -5.15. The van der Waals surface area contributed by atoms with E-state index < -0.39 is 103 Å². The molecule has 5 aromatic rings. The molecule has 10 nitrogen and oxygen atoms in total. The molecule has 0 atom stereocenters. The highest BCUT2D eigenvalue weighted by atomic mass is 19.4. The second kappa shape index (κ2) is 16.7. The van der Waals surface area contributed by atoms with Crippen molar-refractivity contribution in [1.29, 1.82) is 42.1 Å². The molecule has 18 heteroatoms. The quantitative estimate of drug-likeness (QED) is 0.116. The Balaban J connectivity index is 1.68. The standard InChI is InChI=1S/C48H14F8N8O2/c49-45-41-35(21-63)37(27-1-5-31(6-2-27)65-47(51,52)53)39(33(19-61)29-11-23(15-57)9-24(12-29)16-58)43(41)46(50)42-36(22-64)38(28-3-7-32(8-4-28)66-48(54,55)56)40(44(42)45)34(20-62)30-13-25(17-59)10-26(14-30)18-60/h1-14H/b39-33-,40-34-. The van der Waals surface area contributed by atoms with Crippen LogP contribution in [0.4, 0.5) is 35.1 Å². The van der Waals surface area contributed by atoms with Crippen molar-refractivity contribution in [3.05, 3.63) is 163 Å². The summed E-state index contributed by atoms with van der Waals surface area (Å²) < 4.78 is 123. The Bertz CT molecular complexity index is 3190. The number of ether oxygens (including phenoxy) is 2. The molecular formula is C48H14F8N8O2. The summed E-state index contributed by atoms with van der Waals surface area (Å²) in [6.07, 6.45) is -10.3. The molecule has 0 unspecified atom stereocenters. The van der Waals surface area contributed by atoms with Crippen molar-refractivity contribution in [2.24, 2.45) is 0 Å². The third-order valence-electron chi connectivity index (χ3n) is 10.0. The van der Waals surface area contributed by atoms with Crippen molar-refractivity contribution >= 4 is 44.6 Å². The van der Waals surface area contributed by atoms with Crippen molar-refractivity contribution in [2.75, 3.05) is 0 Å². The summed E-state index contributed by atoms with van der Waals surface area (Å²) in [6, 6.07) is 28.5. The molecular weight excluding hydrogens is 873 g/mol. The van der Waals surface area contributed by atoms with Crippen LogP contribution in [-0.4, -0.2) is 12.7 Å². The van der Waals surface area contributed by atoms with E-state index in [4.69, 9.17) is 0 Å². The van der Waals surface area contributed by atoms with Gasteiger partial charge in [-0.2, -0.15) is 42.1 Å². The van der Waals surface area contributed by atoms with E-state index in [9.17, 15) is 68.4 Å².